The quantitative estimate of drug-likeness (QED) is 0.596. The smallest absolute Gasteiger partial charge is 0.0599 e. The van der Waals surface area contributed by atoms with Crippen LogP contribution in [-0.2, 0) is 0 Å². The maximum atomic E-state index is 5.29. The van der Waals surface area contributed by atoms with Crippen molar-refractivity contribution >= 4 is 0 Å². The molecule has 1 rings (SSSR count). The van der Waals surface area contributed by atoms with Crippen molar-refractivity contribution in [2.24, 2.45) is 0 Å². The van der Waals surface area contributed by atoms with E-state index in [4.69, 9.17) is 6.42 Å². The van der Waals surface area contributed by atoms with Crippen molar-refractivity contribution in [3.63, 3.8) is 0 Å². The average molecular weight is 180 g/mol. The molecule has 0 aromatic heterocycles. The molecule has 1 atom stereocenters. The predicted octanol–water partition coefficient (Wildman–Crippen LogP) is 1.04. The van der Waals surface area contributed by atoms with Crippen molar-refractivity contribution in [3.8, 4) is 12.3 Å². The summed E-state index contributed by atoms with van der Waals surface area (Å²) in [6.45, 7) is 9.92. The van der Waals surface area contributed by atoms with E-state index in [0.717, 1.165) is 32.2 Å². The molecule has 0 amide bonds. The van der Waals surface area contributed by atoms with Gasteiger partial charge in [0.05, 0.1) is 6.54 Å². The molecule has 1 aliphatic heterocycles. The van der Waals surface area contributed by atoms with Gasteiger partial charge in [0.15, 0.2) is 0 Å². The van der Waals surface area contributed by atoms with Gasteiger partial charge in [-0.25, -0.2) is 0 Å². The van der Waals surface area contributed by atoms with Gasteiger partial charge in [-0.3, -0.25) is 9.80 Å². The van der Waals surface area contributed by atoms with Crippen molar-refractivity contribution < 1.29 is 0 Å². The van der Waals surface area contributed by atoms with Gasteiger partial charge in [0.25, 0.3) is 0 Å². The summed E-state index contributed by atoms with van der Waals surface area (Å²) in [6, 6.07) is 0.739. The molecule has 1 saturated heterocycles. The first-order valence-corrected chi connectivity index (χ1v) is 5.21. The predicted molar refractivity (Wildman–Crippen MR) is 56.6 cm³/mol. The highest BCUT2D eigenvalue weighted by Crippen LogP contribution is 2.14. The number of likely N-dealkylation sites (N-methyl/N-ethyl adjacent to an activating group) is 1. The van der Waals surface area contributed by atoms with E-state index in [1.54, 1.807) is 0 Å². The topological polar surface area (TPSA) is 6.48 Å². The van der Waals surface area contributed by atoms with Crippen LogP contribution in [0.3, 0.4) is 0 Å². The summed E-state index contributed by atoms with van der Waals surface area (Å²) >= 11 is 0. The van der Waals surface area contributed by atoms with E-state index in [-0.39, 0.29) is 0 Å². The van der Waals surface area contributed by atoms with Gasteiger partial charge in [0, 0.05) is 19.1 Å². The van der Waals surface area contributed by atoms with Gasteiger partial charge in [-0.2, -0.15) is 0 Å². The van der Waals surface area contributed by atoms with E-state index < -0.39 is 0 Å². The van der Waals surface area contributed by atoms with Gasteiger partial charge in [0.2, 0.25) is 0 Å². The van der Waals surface area contributed by atoms with E-state index in [1.165, 1.54) is 13.0 Å². The minimum absolute atomic E-state index is 0.739. The van der Waals surface area contributed by atoms with Crippen molar-refractivity contribution in [3.05, 3.63) is 0 Å². The van der Waals surface area contributed by atoms with Crippen LogP contribution in [0.15, 0.2) is 0 Å². The van der Waals surface area contributed by atoms with Gasteiger partial charge in [-0.05, 0) is 19.5 Å². The Morgan fingerprint density at radius 3 is 2.69 bits per heavy atom. The lowest BCUT2D eigenvalue weighted by Crippen LogP contribution is -2.37. The maximum absolute atomic E-state index is 5.29. The molecule has 1 aliphatic rings. The largest absolute Gasteiger partial charge is 0.300 e. The van der Waals surface area contributed by atoms with Gasteiger partial charge >= 0.3 is 0 Å². The van der Waals surface area contributed by atoms with Gasteiger partial charge < -0.3 is 0 Å². The van der Waals surface area contributed by atoms with E-state index in [0.29, 0.717) is 0 Å². The van der Waals surface area contributed by atoms with Crippen molar-refractivity contribution in [2.75, 3.05) is 32.7 Å². The van der Waals surface area contributed by atoms with Crippen LogP contribution in [0.1, 0.15) is 20.3 Å². The van der Waals surface area contributed by atoms with Crippen LogP contribution in [0.25, 0.3) is 0 Å². The van der Waals surface area contributed by atoms with E-state index in [2.05, 4.69) is 29.6 Å². The maximum Gasteiger partial charge on any atom is 0.0599 e. The molecule has 2 nitrogen and oxygen atoms in total. The lowest BCUT2D eigenvalue weighted by molar-refractivity contribution is 0.215. The zero-order valence-electron chi connectivity index (χ0n) is 8.79. The first-order chi connectivity index (χ1) is 6.31. The lowest BCUT2D eigenvalue weighted by Gasteiger charge is -2.25. The zero-order chi connectivity index (χ0) is 9.68. The highest BCUT2D eigenvalue weighted by Gasteiger charge is 2.24. The summed E-state index contributed by atoms with van der Waals surface area (Å²) < 4.78 is 0. The Labute approximate surface area is 81.9 Å². The lowest BCUT2D eigenvalue weighted by atomic mass is 10.2. The van der Waals surface area contributed by atoms with Crippen LogP contribution in [-0.4, -0.2) is 48.6 Å². The summed E-state index contributed by atoms with van der Waals surface area (Å²) in [5.74, 6) is 2.71. The van der Waals surface area contributed by atoms with Crippen molar-refractivity contribution in [1.82, 2.24) is 9.80 Å². The standard InChI is InChI=1S/C11H20N2/c1-4-8-12-9-7-11(10-12)13(5-2)6-3/h1,11H,5-10H2,2-3H3. The summed E-state index contributed by atoms with van der Waals surface area (Å²) in [6.07, 6.45) is 6.57. The molecule has 0 radical (unpaired) electrons. The van der Waals surface area contributed by atoms with E-state index in [9.17, 15) is 0 Å². The number of likely N-dealkylation sites (tertiary alicyclic amines) is 1. The first kappa shape index (κ1) is 10.6. The number of hydrogen-bond donors (Lipinski definition) is 0. The van der Waals surface area contributed by atoms with Crippen LogP contribution in [0.4, 0.5) is 0 Å². The number of nitrogens with zero attached hydrogens (tertiary/aromatic N) is 2. The molecular weight excluding hydrogens is 160 g/mol. The Hall–Kier alpha value is -0.520. The van der Waals surface area contributed by atoms with Crippen LogP contribution in [0.2, 0.25) is 0 Å². The molecule has 1 unspecified atom stereocenters. The third-order valence-electron chi connectivity index (χ3n) is 2.89. The molecule has 13 heavy (non-hydrogen) atoms. The Morgan fingerprint density at radius 1 is 1.46 bits per heavy atom. The van der Waals surface area contributed by atoms with E-state index >= 15 is 0 Å². The number of hydrogen-bond acceptors (Lipinski definition) is 2. The third-order valence-corrected chi connectivity index (χ3v) is 2.89. The SMILES string of the molecule is C#CCN1CCC(N(CC)CC)C1. The second-order valence-corrected chi connectivity index (χ2v) is 3.60. The van der Waals surface area contributed by atoms with Crippen molar-refractivity contribution in [1.29, 1.82) is 0 Å². The number of rotatable bonds is 4. The second kappa shape index (κ2) is 5.26. The summed E-state index contributed by atoms with van der Waals surface area (Å²) in [7, 11) is 0. The normalized spacial score (nSPS) is 23.7. The fourth-order valence-corrected chi connectivity index (χ4v) is 2.12. The molecule has 0 aromatic rings. The van der Waals surface area contributed by atoms with Gasteiger partial charge in [0.1, 0.15) is 0 Å². The Kier molecular flexibility index (Phi) is 4.27. The van der Waals surface area contributed by atoms with E-state index in [1.807, 2.05) is 0 Å². The molecule has 74 valence electrons. The summed E-state index contributed by atoms with van der Waals surface area (Å²) in [5, 5.41) is 0. The monoisotopic (exact) mass is 180 g/mol. The summed E-state index contributed by atoms with van der Waals surface area (Å²) in [5.41, 5.74) is 0. The number of terminal acetylenes is 1. The Balaban J connectivity index is 2.35. The molecule has 0 aliphatic carbocycles. The average Bonchev–Trinajstić information content (AvgIpc) is 2.56. The molecule has 2 heteroatoms. The molecule has 0 saturated carbocycles. The highest BCUT2D eigenvalue weighted by molar-refractivity contribution is 4.92. The molecule has 0 bridgehead atoms. The second-order valence-electron chi connectivity index (χ2n) is 3.60. The van der Waals surface area contributed by atoms with Crippen LogP contribution < -0.4 is 0 Å². The molecule has 1 heterocycles. The van der Waals surface area contributed by atoms with Gasteiger partial charge in [-0.15, -0.1) is 6.42 Å². The fourth-order valence-electron chi connectivity index (χ4n) is 2.12. The third kappa shape index (κ3) is 2.72. The zero-order valence-corrected chi connectivity index (χ0v) is 8.79. The van der Waals surface area contributed by atoms with Crippen LogP contribution in [0.5, 0.6) is 0 Å². The van der Waals surface area contributed by atoms with Crippen molar-refractivity contribution in [2.45, 2.75) is 26.3 Å². The first-order valence-electron chi connectivity index (χ1n) is 5.21. The Morgan fingerprint density at radius 2 is 2.15 bits per heavy atom. The van der Waals surface area contributed by atoms with Crippen LogP contribution >= 0.6 is 0 Å². The van der Waals surface area contributed by atoms with Crippen LogP contribution in [0, 0.1) is 12.3 Å². The molecule has 0 spiro atoms. The Bertz CT molecular complexity index is 179. The molecule has 0 N–H and O–H groups in total. The summed E-state index contributed by atoms with van der Waals surface area (Å²) in [4.78, 5) is 4.89. The molecule has 0 aromatic carbocycles. The minimum Gasteiger partial charge on any atom is -0.300 e. The fraction of sp³-hybridized carbons (Fsp3) is 0.818. The minimum atomic E-state index is 0.739. The van der Waals surface area contributed by atoms with Gasteiger partial charge in [-0.1, -0.05) is 19.8 Å². The molecular formula is C11H20N2. The molecule has 1 fully saturated rings. The highest BCUT2D eigenvalue weighted by atomic mass is 15.2.